The van der Waals surface area contributed by atoms with E-state index in [-0.39, 0.29) is 5.12 Å². The van der Waals surface area contributed by atoms with Crippen LogP contribution in [0.4, 0.5) is 5.69 Å². The highest BCUT2D eigenvalue weighted by Crippen LogP contribution is 2.17. The molecule has 4 nitrogen and oxygen atoms in total. The van der Waals surface area contributed by atoms with Crippen LogP contribution in [0.15, 0.2) is 29.4 Å². The van der Waals surface area contributed by atoms with Gasteiger partial charge in [-0.05, 0) is 11.6 Å². The Bertz CT molecular complexity index is 510. The van der Waals surface area contributed by atoms with Crippen molar-refractivity contribution < 1.29 is 4.79 Å². The number of hydrogen-bond donors (Lipinski definition) is 0. The van der Waals surface area contributed by atoms with E-state index in [9.17, 15) is 4.79 Å². The molecule has 0 atom stereocenters. The van der Waals surface area contributed by atoms with Crippen LogP contribution in [-0.4, -0.2) is 10.9 Å². The quantitative estimate of drug-likeness (QED) is 0.268. The molecule has 86 valence electrons. The van der Waals surface area contributed by atoms with Crippen molar-refractivity contribution in [3.05, 3.63) is 40.3 Å². The molecule has 0 aliphatic carbocycles. The van der Waals surface area contributed by atoms with Crippen molar-refractivity contribution in [1.82, 2.24) is 0 Å². The molecule has 0 N–H and O–H groups in total. The third-order valence-electron chi connectivity index (χ3n) is 1.81. The minimum Gasteiger partial charge on any atom is -0.288 e. The van der Waals surface area contributed by atoms with Gasteiger partial charge in [0.1, 0.15) is 0 Å². The number of thioether (sulfide) groups is 1. The van der Waals surface area contributed by atoms with Crippen LogP contribution in [-0.2, 0) is 4.79 Å². The van der Waals surface area contributed by atoms with Crippen molar-refractivity contribution in [2.45, 2.75) is 13.3 Å². The molecule has 0 aliphatic heterocycles. The Kier molecular flexibility index (Phi) is 5.73. The van der Waals surface area contributed by atoms with Crippen LogP contribution in [0.1, 0.15) is 18.9 Å². The molecule has 0 radical (unpaired) electrons. The first-order chi connectivity index (χ1) is 8.24. The predicted molar refractivity (Wildman–Crippen MR) is 69.9 cm³/mol. The number of benzene rings is 1. The molecular formula is C12H11N3OS. The third-order valence-corrected chi connectivity index (χ3v) is 2.63. The predicted octanol–water partition coefficient (Wildman–Crippen LogP) is 3.65. The molecule has 0 fully saturated rings. The van der Waals surface area contributed by atoms with E-state index in [0.29, 0.717) is 23.4 Å². The van der Waals surface area contributed by atoms with Crippen LogP contribution >= 0.6 is 11.8 Å². The van der Waals surface area contributed by atoms with Crippen LogP contribution in [0.2, 0.25) is 0 Å². The molecule has 1 rings (SSSR count). The summed E-state index contributed by atoms with van der Waals surface area (Å²) in [5, 5.41) is 3.65. The monoisotopic (exact) mass is 245 g/mol. The zero-order chi connectivity index (χ0) is 12.5. The number of hydrogen-bond acceptors (Lipinski definition) is 3. The van der Waals surface area contributed by atoms with E-state index in [0.717, 1.165) is 0 Å². The topological polar surface area (TPSA) is 65.8 Å². The molecule has 0 saturated carbocycles. The minimum absolute atomic E-state index is 0.0984. The summed E-state index contributed by atoms with van der Waals surface area (Å²) in [6, 6.07) is 7.15. The van der Waals surface area contributed by atoms with E-state index in [2.05, 4.69) is 21.9 Å². The molecule has 0 unspecified atom stereocenters. The van der Waals surface area contributed by atoms with Gasteiger partial charge in [0.2, 0.25) is 0 Å². The first-order valence-corrected chi connectivity index (χ1v) is 5.99. The van der Waals surface area contributed by atoms with Gasteiger partial charge in [-0.1, -0.05) is 46.9 Å². The maximum Gasteiger partial charge on any atom is 0.185 e. The van der Waals surface area contributed by atoms with Crippen molar-refractivity contribution >= 4 is 22.6 Å². The Morgan fingerprint density at radius 1 is 1.53 bits per heavy atom. The lowest BCUT2D eigenvalue weighted by atomic mass is 10.2. The summed E-state index contributed by atoms with van der Waals surface area (Å²) in [6.45, 7) is 1.54. The molecule has 0 heterocycles. The summed E-state index contributed by atoms with van der Waals surface area (Å²) >= 11 is 1.26. The Hall–Kier alpha value is -1.89. The summed E-state index contributed by atoms with van der Waals surface area (Å²) in [7, 11) is 0. The molecule has 17 heavy (non-hydrogen) atoms. The highest BCUT2D eigenvalue weighted by molar-refractivity contribution is 8.13. The van der Waals surface area contributed by atoms with Gasteiger partial charge in [0, 0.05) is 29.6 Å². The van der Waals surface area contributed by atoms with Crippen LogP contribution in [0.5, 0.6) is 0 Å². The van der Waals surface area contributed by atoms with Crippen LogP contribution in [0.3, 0.4) is 0 Å². The highest BCUT2D eigenvalue weighted by atomic mass is 32.2. The molecule has 1 aromatic carbocycles. The van der Waals surface area contributed by atoms with Gasteiger partial charge in [0.15, 0.2) is 5.12 Å². The normalized spacial score (nSPS) is 8.76. The lowest BCUT2D eigenvalue weighted by molar-refractivity contribution is -0.109. The first kappa shape index (κ1) is 13.2. The second kappa shape index (κ2) is 7.39. The second-order valence-electron chi connectivity index (χ2n) is 3.10. The maximum atomic E-state index is 10.7. The minimum atomic E-state index is 0.0984. The van der Waals surface area contributed by atoms with Crippen LogP contribution in [0.25, 0.3) is 10.4 Å². The van der Waals surface area contributed by atoms with Gasteiger partial charge in [0.05, 0.1) is 5.69 Å². The van der Waals surface area contributed by atoms with Crippen molar-refractivity contribution in [2.75, 3.05) is 5.75 Å². The zero-order valence-corrected chi connectivity index (χ0v) is 10.2. The van der Waals surface area contributed by atoms with Gasteiger partial charge in [-0.2, -0.15) is 0 Å². The number of nitrogens with zero attached hydrogens (tertiary/aromatic N) is 3. The second-order valence-corrected chi connectivity index (χ2v) is 4.37. The Morgan fingerprint density at radius 2 is 2.29 bits per heavy atom. The number of rotatable bonds is 3. The van der Waals surface area contributed by atoms with Gasteiger partial charge in [0.25, 0.3) is 0 Å². The highest BCUT2D eigenvalue weighted by Gasteiger charge is 1.94. The summed E-state index contributed by atoms with van der Waals surface area (Å²) < 4.78 is 0. The average molecular weight is 245 g/mol. The standard InChI is InChI=1S/C12H11N3OS/c1-10(16)17-9-5-4-7-11-6-2-3-8-12(11)14-15-13/h2-3,6,8H,5,9H2,1H3. The van der Waals surface area contributed by atoms with Crippen molar-refractivity contribution in [1.29, 1.82) is 0 Å². The first-order valence-electron chi connectivity index (χ1n) is 5.00. The van der Waals surface area contributed by atoms with E-state index < -0.39 is 0 Å². The van der Waals surface area contributed by atoms with Gasteiger partial charge < -0.3 is 0 Å². The fourth-order valence-corrected chi connectivity index (χ4v) is 1.61. The zero-order valence-electron chi connectivity index (χ0n) is 9.38. The number of carbonyl (C=O) groups is 1. The van der Waals surface area contributed by atoms with Crippen LogP contribution < -0.4 is 0 Å². The van der Waals surface area contributed by atoms with E-state index >= 15 is 0 Å². The molecule has 0 aliphatic rings. The van der Waals surface area contributed by atoms with E-state index in [1.165, 1.54) is 18.7 Å². The summed E-state index contributed by atoms with van der Waals surface area (Å²) in [6.07, 6.45) is 0.634. The molecular weight excluding hydrogens is 234 g/mol. The third kappa shape index (κ3) is 5.12. The number of azide groups is 1. The lowest BCUT2D eigenvalue weighted by Gasteiger charge is -1.94. The smallest absolute Gasteiger partial charge is 0.185 e. The molecule has 5 heteroatoms. The molecule has 0 saturated heterocycles. The molecule has 1 aromatic rings. The molecule has 0 spiro atoms. The molecule has 0 bridgehead atoms. The molecule has 0 amide bonds. The lowest BCUT2D eigenvalue weighted by Crippen LogP contribution is -1.84. The van der Waals surface area contributed by atoms with E-state index in [1.807, 2.05) is 6.07 Å². The van der Waals surface area contributed by atoms with Crippen molar-refractivity contribution in [2.24, 2.45) is 5.11 Å². The van der Waals surface area contributed by atoms with Crippen LogP contribution in [0, 0.1) is 11.8 Å². The van der Waals surface area contributed by atoms with Gasteiger partial charge in [-0.25, -0.2) is 0 Å². The Morgan fingerprint density at radius 3 is 3.00 bits per heavy atom. The van der Waals surface area contributed by atoms with Crippen molar-refractivity contribution in [3.8, 4) is 11.8 Å². The maximum absolute atomic E-state index is 10.7. The van der Waals surface area contributed by atoms with Gasteiger partial charge >= 0.3 is 0 Å². The summed E-state index contributed by atoms with van der Waals surface area (Å²) in [4.78, 5) is 13.4. The Balaban J connectivity index is 2.65. The van der Waals surface area contributed by atoms with E-state index in [4.69, 9.17) is 5.53 Å². The fourth-order valence-electron chi connectivity index (χ4n) is 1.12. The SMILES string of the molecule is CC(=O)SCCC#Cc1ccccc1N=[N+]=[N-]. The fraction of sp³-hybridized carbons (Fsp3) is 0.250. The Labute approximate surface area is 104 Å². The number of carbonyl (C=O) groups excluding carboxylic acids is 1. The summed E-state index contributed by atoms with van der Waals surface area (Å²) in [5.41, 5.74) is 9.62. The van der Waals surface area contributed by atoms with Gasteiger partial charge in [-0.15, -0.1) is 0 Å². The molecule has 0 aromatic heterocycles. The largest absolute Gasteiger partial charge is 0.288 e. The van der Waals surface area contributed by atoms with E-state index in [1.54, 1.807) is 18.2 Å². The summed E-state index contributed by atoms with van der Waals surface area (Å²) in [5.74, 6) is 6.57. The van der Waals surface area contributed by atoms with Crippen molar-refractivity contribution in [3.63, 3.8) is 0 Å². The average Bonchev–Trinajstić information content (AvgIpc) is 2.31. The van der Waals surface area contributed by atoms with Gasteiger partial charge in [-0.3, -0.25) is 4.79 Å².